The van der Waals surface area contributed by atoms with Crippen molar-refractivity contribution in [1.29, 1.82) is 5.26 Å². The van der Waals surface area contributed by atoms with Crippen LogP contribution >= 0.6 is 23.2 Å². The second kappa shape index (κ2) is 8.47. The first kappa shape index (κ1) is 18.7. The molecule has 0 bridgehead atoms. The van der Waals surface area contributed by atoms with Crippen LogP contribution in [-0.4, -0.2) is 18.2 Å². The second-order valence-corrected chi connectivity index (χ2v) is 5.63. The smallest absolute Gasteiger partial charge is 0.277 e. The number of hydrogen-bond donors (Lipinski definition) is 1. The number of rotatable bonds is 5. The molecule has 0 heterocycles. The molecule has 0 saturated carbocycles. The summed E-state index contributed by atoms with van der Waals surface area (Å²) in [5, 5.41) is 12.8. The molecule has 2 rings (SSSR count). The summed E-state index contributed by atoms with van der Waals surface area (Å²) >= 11 is 11.9. The molecule has 2 aromatic carbocycles. The summed E-state index contributed by atoms with van der Waals surface area (Å²) in [5.41, 5.74) is 3.01. The van der Waals surface area contributed by atoms with Crippen molar-refractivity contribution in [2.24, 2.45) is 5.10 Å². The Morgan fingerprint density at radius 1 is 1.32 bits per heavy atom. The molecule has 0 fully saturated rings. The number of ether oxygens (including phenoxy) is 1. The second-order valence-electron chi connectivity index (χ2n) is 4.85. The Hall–Kier alpha value is -2.62. The molecule has 0 aliphatic carbocycles. The molecule has 128 valence electrons. The lowest BCUT2D eigenvalue weighted by molar-refractivity contribution is -0.123. The van der Waals surface area contributed by atoms with Gasteiger partial charge in [0.05, 0.1) is 21.3 Å². The number of para-hydroxylation sites is 1. The topological polar surface area (TPSA) is 74.5 Å². The molecule has 0 unspecified atom stereocenters. The van der Waals surface area contributed by atoms with Crippen LogP contribution in [0.25, 0.3) is 0 Å². The summed E-state index contributed by atoms with van der Waals surface area (Å²) in [6.07, 6.45) is 0. The van der Waals surface area contributed by atoms with Crippen LogP contribution in [0, 0.1) is 17.1 Å². The summed E-state index contributed by atoms with van der Waals surface area (Å²) in [4.78, 5) is 11.8. The number of nitrogens with one attached hydrogen (secondary N) is 1. The Morgan fingerprint density at radius 3 is 2.76 bits per heavy atom. The van der Waals surface area contributed by atoms with E-state index < -0.39 is 11.7 Å². The molecule has 0 aromatic heterocycles. The van der Waals surface area contributed by atoms with Crippen LogP contribution in [0.15, 0.2) is 41.5 Å². The minimum absolute atomic E-state index is 0.179. The van der Waals surface area contributed by atoms with Gasteiger partial charge in [0.25, 0.3) is 5.91 Å². The highest BCUT2D eigenvalue weighted by molar-refractivity contribution is 6.40. The van der Waals surface area contributed by atoms with E-state index in [0.29, 0.717) is 5.56 Å². The van der Waals surface area contributed by atoms with Gasteiger partial charge in [0.2, 0.25) is 0 Å². The third kappa shape index (κ3) is 4.69. The van der Waals surface area contributed by atoms with Crippen molar-refractivity contribution in [3.05, 3.63) is 63.4 Å². The van der Waals surface area contributed by atoms with Crippen molar-refractivity contribution in [2.75, 3.05) is 6.61 Å². The summed E-state index contributed by atoms with van der Waals surface area (Å²) in [7, 11) is 0. The molecule has 0 aliphatic rings. The summed E-state index contributed by atoms with van der Waals surface area (Å²) in [6, 6.07) is 11.0. The van der Waals surface area contributed by atoms with Gasteiger partial charge in [-0.05, 0) is 31.2 Å². The molecule has 5 nitrogen and oxygen atoms in total. The van der Waals surface area contributed by atoms with E-state index in [4.69, 9.17) is 33.2 Å². The van der Waals surface area contributed by atoms with Crippen LogP contribution in [0.3, 0.4) is 0 Å². The molecule has 25 heavy (non-hydrogen) atoms. The molecule has 8 heteroatoms. The lowest BCUT2D eigenvalue weighted by atomic mass is 10.1. The van der Waals surface area contributed by atoms with Crippen LogP contribution in [0.4, 0.5) is 4.39 Å². The first-order valence-electron chi connectivity index (χ1n) is 7.03. The number of benzene rings is 2. The normalized spacial score (nSPS) is 10.9. The Kier molecular flexibility index (Phi) is 6.34. The summed E-state index contributed by atoms with van der Waals surface area (Å²) in [6.45, 7) is 1.18. The molecular weight excluding hydrogens is 368 g/mol. The van der Waals surface area contributed by atoms with E-state index >= 15 is 0 Å². The van der Waals surface area contributed by atoms with Crippen LogP contribution < -0.4 is 10.2 Å². The number of hydrazone groups is 1. The van der Waals surface area contributed by atoms with Crippen molar-refractivity contribution in [3.63, 3.8) is 0 Å². The maximum absolute atomic E-state index is 13.5. The standard InChI is InChI=1S/C17H12Cl2FN3O2/c1-10(16-12(18)6-7-13(20)17(16)19)22-23-15(24)9-25-14-5-3-2-4-11(14)8-21/h2-7H,9H2,1H3,(H,23,24)/b22-10-. The molecule has 0 saturated heterocycles. The van der Waals surface area contributed by atoms with Gasteiger partial charge in [0.1, 0.15) is 17.6 Å². The summed E-state index contributed by atoms with van der Waals surface area (Å²) in [5.74, 6) is -0.911. The molecule has 2 aromatic rings. The SMILES string of the molecule is C/C(=N/NC(=O)COc1ccccc1C#N)c1c(Cl)ccc(F)c1Cl. The van der Waals surface area contributed by atoms with Gasteiger partial charge in [-0.1, -0.05) is 35.3 Å². The Labute approximate surface area is 153 Å². The molecule has 0 radical (unpaired) electrons. The number of amides is 1. The molecule has 0 aliphatic heterocycles. The number of halogens is 3. The lowest BCUT2D eigenvalue weighted by Crippen LogP contribution is -2.26. The van der Waals surface area contributed by atoms with E-state index in [1.54, 1.807) is 24.3 Å². The molecule has 1 amide bonds. The van der Waals surface area contributed by atoms with Gasteiger partial charge in [-0.15, -0.1) is 0 Å². The van der Waals surface area contributed by atoms with E-state index in [1.807, 2.05) is 6.07 Å². The maximum atomic E-state index is 13.5. The van der Waals surface area contributed by atoms with Gasteiger partial charge in [-0.25, -0.2) is 9.82 Å². The summed E-state index contributed by atoms with van der Waals surface area (Å²) < 4.78 is 18.8. The molecular formula is C17H12Cl2FN3O2. The van der Waals surface area contributed by atoms with E-state index in [-0.39, 0.29) is 33.7 Å². The number of nitriles is 1. The van der Waals surface area contributed by atoms with Crippen LogP contribution in [-0.2, 0) is 4.79 Å². The van der Waals surface area contributed by atoms with Gasteiger partial charge >= 0.3 is 0 Å². The minimum Gasteiger partial charge on any atom is -0.482 e. The predicted molar refractivity (Wildman–Crippen MR) is 93.4 cm³/mol. The molecule has 0 spiro atoms. The quantitative estimate of drug-likeness (QED) is 0.485. The van der Waals surface area contributed by atoms with E-state index in [9.17, 15) is 9.18 Å². The zero-order chi connectivity index (χ0) is 18.4. The predicted octanol–water partition coefficient (Wildman–Crippen LogP) is 3.92. The average molecular weight is 380 g/mol. The van der Waals surface area contributed by atoms with Crippen LogP contribution in [0.2, 0.25) is 10.0 Å². The lowest BCUT2D eigenvalue weighted by Gasteiger charge is -2.09. The fourth-order valence-electron chi connectivity index (χ4n) is 1.92. The largest absolute Gasteiger partial charge is 0.482 e. The Morgan fingerprint density at radius 2 is 2.04 bits per heavy atom. The number of nitrogens with zero attached hydrogens (tertiary/aromatic N) is 2. The number of carbonyl (C=O) groups is 1. The Bertz CT molecular complexity index is 879. The first-order valence-corrected chi connectivity index (χ1v) is 7.78. The maximum Gasteiger partial charge on any atom is 0.277 e. The van der Waals surface area contributed by atoms with Gasteiger partial charge in [0, 0.05) is 5.56 Å². The minimum atomic E-state index is -0.640. The van der Waals surface area contributed by atoms with Gasteiger partial charge in [-0.3, -0.25) is 4.79 Å². The molecule has 1 N–H and O–H groups in total. The van der Waals surface area contributed by atoms with Gasteiger partial charge in [-0.2, -0.15) is 10.4 Å². The van der Waals surface area contributed by atoms with E-state index in [0.717, 1.165) is 6.07 Å². The van der Waals surface area contributed by atoms with Crippen LogP contribution in [0.5, 0.6) is 5.75 Å². The van der Waals surface area contributed by atoms with E-state index in [1.165, 1.54) is 13.0 Å². The highest BCUT2D eigenvalue weighted by Crippen LogP contribution is 2.27. The van der Waals surface area contributed by atoms with Crippen molar-refractivity contribution in [2.45, 2.75) is 6.92 Å². The average Bonchev–Trinajstić information content (AvgIpc) is 2.61. The zero-order valence-electron chi connectivity index (χ0n) is 13.0. The van der Waals surface area contributed by atoms with Crippen molar-refractivity contribution in [1.82, 2.24) is 5.43 Å². The third-order valence-corrected chi connectivity index (χ3v) is 3.80. The number of hydrogen-bond acceptors (Lipinski definition) is 4. The van der Waals surface area contributed by atoms with Crippen LogP contribution in [0.1, 0.15) is 18.1 Å². The fourth-order valence-corrected chi connectivity index (χ4v) is 2.57. The zero-order valence-corrected chi connectivity index (χ0v) is 14.5. The Balaban J connectivity index is 2.03. The third-order valence-electron chi connectivity index (χ3n) is 3.12. The first-order chi connectivity index (χ1) is 11.9. The van der Waals surface area contributed by atoms with Crippen molar-refractivity contribution >= 4 is 34.8 Å². The van der Waals surface area contributed by atoms with Gasteiger partial charge in [0.15, 0.2) is 6.61 Å². The number of carbonyl (C=O) groups excluding carboxylic acids is 1. The van der Waals surface area contributed by atoms with Crippen molar-refractivity contribution in [3.8, 4) is 11.8 Å². The molecule has 0 atom stereocenters. The highest BCUT2D eigenvalue weighted by atomic mass is 35.5. The monoisotopic (exact) mass is 379 g/mol. The fraction of sp³-hybridized carbons (Fsp3) is 0.118. The van der Waals surface area contributed by atoms with Gasteiger partial charge < -0.3 is 4.74 Å². The highest BCUT2D eigenvalue weighted by Gasteiger charge is 2.14. The van der Waals surface area contributed by atoms with Crippen molar-refractivity contribution < 1.29 is 13.9 Å². The van der Waals surface area contributed by atoms with E-state index in [2.05, 4.69) is 10.5 Å².